The number of aromatic nitrogens is 2. The molecule has 2 aromatic rings. The van der Waals surface area contributed by atoms with Crippen LogP contribution in [0, 0.1) is 0 Å². The zero-order valence-corrected chi connectivity index (χ0v) is 9.42. The van der Waals surface area contributed by atoms with Gasteiger partial charge in [-0.2, -0.15) is 9.78 Å². The van der Waals surface area contributed by atoms with Crippen LogP contribution in [-0.2, 0) is 0 Å². The normalized spacial score (nSPS) is 10.7. The molecule has 0 radical (unpaired) electrons. The minimum atomic E-state index is -0.0857. The standard InChI is InChI=1S/C13H14N2O/c1-10(2)11-8-13(16)15(14-9-11)12-6-4-3-5-7-12/h3-10H,1-2H3. The Morgan fingerprint density at radius 2 is 1.88 bits per heavy atom. The Morgan fingerprint density at radius 3 is 2.44 bits per heavy atom. The van der Waals surface area contributed by atoms with Gasteiger partial charge in [0.15, 0.2) is 0 Å². The molecule has 3 heteroatoms. The highest BCUT2D eigenvalue weighted by Crippen LogP contribution is 2.10. The SMILES string of the molecule is CC(C)c1cnn(-c2ccccc2)c(=O)c1. The molecule has 1 heterocycles. The van der Waals surface area contributed by atoms with E-state index in [-0.39, 0.29) is 5.56 Å². The average Bonchev–Trinajstić information content (AvgIpc) is 2.30. The smallest absolute Gasteiger partial charge is 0.267 e. The van der Waals surface area contributed by atoms with Crippen molar-refractivity contribution in [3.63, 3.8) is 0 Å². The summed E-state index contributed by atoms with van der Waals surface area (Å²) in [5, 5.41) is 4.17. The van der Waals surface area contributed by atoms with Gasteiger partial charge in [-0.15, -0.1) is 0 Å². The predicted molar refractivity (Wildman–Crippen MR) is 63.9 cm³/mol. The molecule has 82 valence electrons. The van der Waals surface area contributed by atoms with Crippen LogP contribution in [-0.4, -0.2) is 9.78 Å². The molecular formula is C13H14N2O. The van der Waals surface area contributed by atoms with Gasteiger partial charge in [-0.3, -0.25) is 4.79 Å². The molecule has 0 N–H and O–H groups in total. The Balaban J connectivity index is 2.49. The highest BCUT2D eigenvalue weighted by atomic mass is 16.1. The summed E-state index contributed by atoms with van der Waals surface area (Å²) in [7, 11) is 0. The van der Waals surface area contributed by atoms with Crippen LogP contribution in [0.2, 0.25) is 0 Å². The van der Waals surface area contributed by atoms with E-state index in [1.807, 2.05) is 44.2 Å². The summed E-state index contributed by atoms with van der Waals surface area (Å²) in [5.74, 6) is 0.325. The third-order valence-electron chi connectivity index (χ3n) is 2.49. The molecule has 0 fully saturated rings. The largest absolute Gasteiger partial charge is 0.271 e. The van der Waals surface area contributed by atoms with E-state index in [9.17, 15) is 4.79 Å². The van der Waals surface area contributed by atoms with Crippen LogP contribution >= 0.6 is 0 Å². The first-order valence-electron chi connectivity index (χ1n) is 5.33. The lowest BCUT2D eigenvalue weighted by Crippen LogP contribution is -2.20. The number of hydrogen-bond acceptors (Lipinski definition) is 2. The summed E-state index contributed by atoms with van der Waals surface area (Å²) in [6.45, 7) is 4.09. The van der Waals surface area contributed by atoms with Crippen molar-refractivity contribution in [1.82, 2.24) is 9.78 Å². The van der Waals surface area contributed by atoms with Crippen molar-refractivity contribution in [2.75, 3.05) is 0 Å². The molecule has 0 saturated carbocycles. The first-order chi connectivity index (χ1) is 7.68. The van der Waals surface area contributed by atoms with E-state index >= 15 is 0 Å². The van der Waals surface area contributed by atoms with Crippen molar-refractivity contribution in [2.24, 2.45) is 0 Å². The Kier molecular flexibility index (Phi) is 2.86. The highest BCUT2D eigenvalue weighted by Gasteiger charge is 2.04. The number of nitrogens with zero attached hydrogens (tertiary/aromatic N) is 2. The highest BCUT2D eigenvalue weighted by molar-refractivity contribution is 5.30. The minimum Gasteiger partial charge on any atom is -0.267 e. The fraction of sp³-hybridized carbons (Fsp3) is 0.231. The molecule has 0 saturated heterocycles. The monoisotopic (exact) mass is 214 g/mol. The van der Waals surface area contributed by atoms with E-state index in [1.165, 1.54) is 4.68 Å². The van der Waals surface area contributed by atoms with E-state index in [0.717, 1.165) is 11.3 Å². The van der Waals surface area contributed by atoms with Crippen molar-refractivity contribution in [1.29, 1.82) is 0 Å². The topological polar surface area (TPSA) is 34.9 Å². The van der Waals surface area contributed by atoms with E-state index in [4.69, 9.17) is 0 Å². The molecule has 3 nitrogen and oxygen atoms in total. The molecule has 0 unspecified atom stereocenters. The summed E-state index contributed by atoms with van der Waals surface area (Å²) in [6.07, 6.45) is 1.75. The van der Waals surface area contributed by atoms with Crippen LogP contribution in [0.5, 0.6) is 0 Å². The summed E-state index contributed by atoms with van der Waals surface area (Å²) >= 11 is 0. The van der Waals surface area contributed by atoms with Crippen LogP contribution in [0.4, 0.5) is 0 Å². The number of rotatable bonds is 2. The first-order valence-corrected chi connectivity index (χ1v) is 5.33. The van der Waals surface area contributed by atoms with E-state index in [2.05, 4.69) is 5.10 Å². The van der Waals surface area contributed by atoms with Gasteiger partial charge in [0.2, 0.25) is 0 Å². The van der Waals surface area contributed by atoms with Gasteiger partial charge in [0.25, 0.3) is 5.56 Å². The Labute approximate surface area is 94.4 Å². The van der Waals surface area contributed by atoms with E-state index in [0.29, 0.717) is 5.92 Å². The summed E-state index contributed by atoms with van der Waals surface area (Å²) < 4.78 is 1.41. The number of benzene rings is 1. The van der Waals surface area contributed by atoms with Crippen LogP contribution in [0.15, 0.2) is 47.4 Å². The van der Waals surface area contributed by atoms with Gasteiger partial charge in [0.05, 0.1) is 11.9 Å². The predicted octanol–water partition coefficient (Wildman–Crippen LogP) is 2.36. The summed E-state index contributed by atoms with van der Waals surface area (Å²) in [6, 6.07) is 11.1. The molecule has 2 rings (SSSR count). The Hall–Kier alpha value is -1.90. The van der Waals surface area contributed by atoms with Crippen molar-refractivity contribution >= 4 is 0 Å². The zero-order valence-electron chi connectivity index (χ0n) is 9.42. The molecule has 0 aliphatic rings. The third kappa shape index (κ3) is 2.03. The molecular weight excluding hydrogens is 200 g/mol. The van der Waals surface area contributed by atoms with Crippen molar-refractivity contribution in [3.8, 4) is 5.69 Å². The zero-order chi connectivity index (χ0) is 11.5. The van der Waals surface area contributed by atoms with Gasteiger partial charge in [-0.1, -0.05) is 32.0 Å². The minimum absolute atomic E-state index is 0.0857. The average molecular weight is 214 g/mol. The maximum Gasteiger partial charge on any atom is 0.271 e. The summed E-state index contributed by atoms with van der Waals surface area (Å²) in [5.41, 5.74) is 1.68. The van der Waals surface area contributed by atoms with Gasteiger partial charge < -0.3 is 0 Å². The van der Waals surface area contributed by atoms with Gasteiger partial charge in [0.1, 0.15) is 0 Å². The maximum absolute atomic E-state index is 11.8. The van der Waals surface area contributed by atoms with Crippen molar-refractivity contribution in [3.05, 3.63) is 58.5 Å². The Bertz CT molecular complexity index is 529. The number of para-hydroxylation sites is 1. The molecule has 0 aliphatic carbocycles. The fourth-order valence-corrected chi connectivity index (χ4v) is 1.50. The first kappa shape index (κ1) is 10.6. The van der Waals surface area contributed by atoms with Gasteiger partial charge in [-0.05, 0) is 23.6 Å². The molecule has 0 spiro atoms. The van der Waals surface area contributed by atoms with Gasteiger partial charge >= 0.3 is 0 Å². The quantitative estimate of drug-likeness (QED) is 0.769. The van der Waals surface area contributed by atoms with Crippen LogP contribution < -0.4 is 5.56 Å². The maximum atomic E-state index is 11.8. The summed E-state index contributed by atoms with van der Waals surface area (Å²) in [4.78, 5) is 11.8. The van der Waals surface area contributed by atoms with Crippen LogP contribution in [0.25, 0.3) is 5.69 Å². The van der Waals surface area contributed by atoms with Crippen molar-refractivity contribution < 1.29 is 0 Å². The molecule has 0 aliphatic heterocycles. The second-order valence-electron chi connectivity index (χ2n) is 4.03. The van der Waals surface area contributed by atoms with E-state index in [1.54, 1.807) is 12.3 Å². The molecule has 0 atom stereocenters. The molecule has 1 aromatic heterocycles. The Morgan fingerprint density at radius 1 is 1.19 bits per heavy atom. The fourth-order valence-electron chi connectivity index (χ4n) is 1.50. The van der Waals surface area contributed by atoms with E-state index < -0.39 is 0 Å². The lowest BCUT2D eigenvalue weighted by atomic mass is 10.1. The molecule has 0 bridgehead atoms. The van der Waals surface area contributed by atoms with Crippen molar-refractivity contribution in [2.45, 2.75) is 19.8 Å². The van der Waals surface area contributed by atoms with Gasteiger partial charge in [-0.25, -0.2) is 0 Å². The van der Waals surface area contributed by atoms with Crippen LogP contribution in [0.3, 0.4) is 0 Å². The van der Waals surface area contributed by atoms with Gasteiger partial charge in [0, 0.05) is 6.07 Å². The van der Waals surface area contributed by atoms with Crippen LogP contribution in [0.1, 0.15) is 25.3 Å². The lowest BCUT2D eigenvalue weighted by Gasteiger charge is -2.07. The third-order valence-corrected chi connectivity index (χ3v) is 2.49. The number of hydrogen-bond donors (Lipinski definition) is 0. The molecule has 16 heavy (non-hydrogen) atoms. The second-order valence-corrected chi connectivity index (χ2v) is 4.03. The lowest BCUT2D eigenvalue weighted by molar-refractivity contribution is 0.765. The molecule has 1 aromatic carbocycles. The molecule has 0 amide bonds. The second kappa shape index (κ2) is 4.31.